The molecule has 0 aliphatic carbocycles. The number of alkyl halides is 3. The van der Waals surface area contributed by atoms with E-state index in [2.05, 4.69) is 4.98 Å². The van der Waals surface area contributed by atoms with E-state index >= 15 is 0 Å². The summed E-state index contributed by atoms with van der Waals surface area (Å²) in [5, 5.41) is 0.687. The number of hydrogen-bond acceptors (Lipinski definition) is 4. The molecule has 5 nitrogen and oxygen atoms in total. The van der Waals surface area contributed by atoms with E-state index < -0.39 is 23.3 Å². The first-order valence-electron chi connectivity index (χ1n) is 10.9. The number of halogens is 5. The van der Waals surface area contributed by atoms with Crippen LogP contribution in [0.3, 0.4) is 0 Å². The Morgan fingerprint density at radius 3 is 2.33 bits per heavy atom. The van der Waals surface area contributed by atoms with Crippen molar-refractivity contribution in [3.05, 3.63) is 110 Å². The predicted octanol–water partition coefficient (Wildman–Crippen LogP) is 6.45. The Kier molecular flexibility index (Phi) is 7.66. The Labute approximate surface area is 214 Å². The number of fused-ring (bicyclic) bond motifs is 1. The molecule has 4 rings (SSSR count). The van der Waals surface area contributed by atoms with Gasteiger partial charge < -0.3 is 9.30 Å². The first-order chi connectivity index (χ1) is 17.1. The van der Waals surface area contributed by atoms with E-state index in [0.29, 0.717) is 15.6 Å². The van der Waals surface area contributed by atoms with Crippen molar-refractivity contribution < 1.29 is 22.7 Å². The molecule has 0 atom stereocenters. The molecule has 4 aromatic rings. The molecule has 1 aromatic heterocycles. The van der Waals surface area contributed by atoms with Gasteiger partial charge >= 0.3 is 12.1 Å². The fraction of sp³-hybridized carbons (Fsp3) is 0.192. The number of carbonyl (C=O) groups is 1. The van der Waals surface area contributed by atoms with Crippen molar-refractivity contribution in [2.45, 2.75) is 32.2 Å². The van der Waals surface area contributed by atoms with E-state index in [4.69, 9.17) is 27.9 Å². The lowest BCUT2D eigenvalue weighted by molar-refractivity contribution is -0.145. The van der Waals surface area contributed by atoms with Gasteiger partial charge in [0.2, 0.25) is 0 Å². The van der Waals surface area contributed by atoms with Crippen molar-refractivity contribution in [3.63, 3.8) is 0 Å². The molecule has 0 saturated heterocycles. The molecule has 0 fully saturated rings. The van der Waals surface area contributed by atoms with Crippen LogP contribution in [0.15, 0.2) is 71.5 Å². The van der Waals surface area contributed by atoms with Crippen molar-refractivity contribution in [2.24, 2.45) is 0 Å². The summed E-state index contributed by atoms with van der Waals surface area (Å²) in [6.07, 6.45) is -4.89. The average Bonchev–Trinajstić information content (AvgIpc) is 2.84. The Balaban J connectivity index is 1.61. The predicted molar refractivity (Wildman–Crippen MR) is 131 cm³/mol. The van der Waals surface area contributed by atoms with E-state index in [1.807, 2.05) is 6.07 Å². The van der Waals surface area contributed by atoms with Crippen LogP contribution in [-0.2, 0) is 35.3 Å². The van der Waals surface area contributed by atoms with Crippen molar-refractivity contribution in [2.75, 3.05) is 0 Å². The van der Waals surface area contributed by atoms with Gasteiger partial charge in [-0.2, -0.15) is 13.2 Å². The molecule has 1 heterocycles. The molecule has 186 valence electrons. The highest BCUT2D eigenvalue weighted by molar-refractivity contribution is 6.35. The quantitative estimate of drug-likeness (QED) is 0.256. The van der Waals surface area contributed by atoms with Gasteiger partial charge in [-0.25, -0.2) is 4.98 Å². The summed E-state index contributed by atoms with van der Waals surface area (Å²) in [5.74, 6) is -0.633. The minimum Gasteiger partial charge on any atom is -0.461 e. The molecule has 10 heteroatoms. The van der Waals surface area contributed by atoms with Gasteiger partial charge in [-0.1, -0.05) is 59.6 Å². The monoisotopic (exact) mass is 534 g/mol. The Morgan fingerprint density at radius 2 is 1.67 bits per heavy atom. The fourth-order valence-electron chi connectivity index (χ4n) is 3.68. The SMILES string of the molecule is O=C(CCc1nc2cc(C(F)(F)F)ccc2n(Cc2ccccc2)c1=O)OCc1c(Cl)cccc1Cl. The number of nitrogens with zero attached hydrogens (tertiary/aromatic N) is 2. The molecule has 0 N–H and O–H groups in total. The van der Waals surface area contributed by atoms with Crippen molar-refractivity contribution in [1.29, 1.82) is 0 Å². The van der Waals surface area contributed by atoms with Gasteiger partial charge in [-0.05, 0) is 35.9 Å². The highest BCUT2D eigenvalue weighted by atomic mass is 35.5. The lowest BCUT2D eigenvalue weighted by Crippen LogP contribution is -2.27. The molecular weight excluding hydrogens is 516 g/mol. The van der Waals surface area contributed by atoms with Crippen LogP contribution in [0.2, 0.25) is 10.0 Å². The summed E-state index contributed by atoms with van der Waals surface area (Å²) >= 11 is 12.2. The molecule has 0 unspecified atom stereocenters. The third-order valence-corrected chi connectivity index (χ3v) is 6.24. The van der Waals surface area contributed by atoms with Gasteiger partial charge in [0.1, 0.15) is 12.3 Å². The Hall–Kier alpha value is -3.36. The highest BCUT2D eigenvalue weighted by Gasteiger charge is 2.31. The van der Waals surface area contributed by atoms with E-state index in [-0.39, 0.29) is 42.7 Å². The minimum absolute atomic E-state index is 0.00609. The number of hydrogen-bond donors (Lipinski definition) is 0. The molecule has 0 aliphatic rings. The molecule has 0 saturated carbocycles. The van der Waals surface area contributed by atoms with Crippen molar-refractivity contribution >= 4 is 40.2 Å². The van der Waals surface area contributed by atoms with Gasteiger partial charge in [-0.15, -0.1) is 0 Å². The summed E-state index contributed by atoms with van der Waals surface area (Å²) in [6.45, 7) is -0.0256. The molecule has 0 aliphatic heterocycles. The summed E-state index contributed by atoms with van der Waals surface area (Å²) < 4.78 is 46.5. The van der Waals surface area contributed by atoms with Crippen LogP contribution in [-0.4, -0.2) is 15.5 Å². The number of aromatic nitrogens is 2. The topological polar surface area (TPSA) is 61.2 Å². The molecule has 3 aromatic carbocycles. The van der Waals surface area contributed by atoms with E-state index in [1.165, 1.54) is 10.6 Å². The minimum atomic E-state index is -4.57. The number of aryl methyl sites for hydroxylation is 1. The maximum absolute atomic E-state index is 13.3. The van der Waals surface area contributed by atoms with Crippen LogP contribution in [0.5, 0.6) is 0 Å². The molecule has 0 radical (unpaired) electrons. The second-order valence-corrected chi connectivity index (χ2v) is 8.81. The van der Waals surface area contributed by atoms with Gasteiger partial charge in [0, 0.05) is 22.0 Å². The molecular formula is C26H19Cl2F3N2O3. The zero-order chi connectivity index (χ0) is 25.9. The normalized spacial score (nSPS) is 11.6. The molecule has 36 heavy (non-hydrogen) atoms. The first kappa shape index (κ1) is 25.7. The lowest BCUT2D eigenvalue weighted by Gasteiger charge is -2.14. The third-order valence-electron chi connectivity index (χ3n) is 5.53. The third kappa shape index (κ3) is 5.88. The van der Waals surface area contributed by atoms with Crippen LogP contribution in [0.4, 0.5) is 13.2 Å². The summed E-state index contributed by atoms with van der Waals surface area (Å²) in [6, 6.07) is 17.0. The van der Waals surface area contributed by atoms with Crippen LogP contribution in [0.25, 0.3) is 11.0 Å². The van der Waals surface area contributed by atoms with Crippen LogP contribution in [0.1, 0.15) is 28.8 Å². The average molecular weight is 535 g/mol. The fourth-order valence-corrected chi connectivity index (χ4v) is 4.18. The van der Waals surface area contributed by atoms with E-state index in [0.717, 1.165) is 17.7 Å². The maximum Gasteiger partial charge on any atom is 0.416 e. The van der Waals surface area contributed by atoms with Gasteiger partial charge in [-0.3, -0.25) is 9.59 Å². The van der Waals surface area contributed by atoms with Gasteiger partial charge in [0.25, 0.3) is 5.56 Å². The number of benzene rings is 3. The molecule has 0 spiro atoms. The number of carbonyl (C=O) groups excluding carboxylic acids is 1. The Morgan fingerprint density at radius 1 is 0.972 bits per heavy atom. The van der Waals surface area contributed by atoms with Gasteiger partial charge in [0.05, 0.1) is 29.6 Å². The smallest absolute Gasteiger partial charge is 0.416 e. The second-order valence-electron chi connectivity index (χ2n) is 8.00. The first-order valence-corrected chi connectivity index (χ1v) is 11.6. The Bertz CT molecular complexity index is 1450. The second kappa shape index (κ2) is 10.7. The maximum atomic E-state index is 13.3. The zero-order valence-electron chi connectivity index (χ0n) is 18.7. The highest BCUT2D eigenvalue weighted by Crippen LogP contribution is 2.31. The summed E-state index contributed by atoms with van der Waals surface area (Å²) in [4.78, 5) is 29.8. The molecule has 0 amide bonds. The van der Waals surface area contributed by atoms with Crippen LogP contribution < -0.4 is 5.56 Å². The van der Waals surface area contributed by atoms with E-state index in [9.17, 15) is 22.8 Å². The number of esters is 1. The lowest BCUT2D eigenvalue weighted by atomic mass is 10.1. The van der Waals surface area contributed by atoms with Crippen molar-refractivity contribution in [3.8, 4) is 0 Å². The van der Waals surface area contributed by atoms with E-state index in [1.54, 1.807) is 42.5 Å². The zero-order valence-corrected chi connectivity index (χ0v) is 20.2. The van der Waals surface area contributed by atoms with Crippen LogP contribution in [0, 0.1) is 0 Å². The summed E-state index contributed by atoms with van der Waals surface area (Å²) in [5.41, 5.74) is 0.0907. The van der Waals surface area contributed by atoms with Crippen molar-refractivity contribution in [1.82, 2.24) is 9.55 Å². The van der Waals surface area contributed by atoms with Crippen LogP contribution >= 0.6 is 23.2 Å². The molecule has 0 bridgehead atoms. The van der Waals surface area contributed by atoms with Gasteiger partial charge in [0.15, 0.2) is 0 Å². The number of rotatable bonds is 7. The standard InChI is InChI=1S/C26H19Cl2F3N2O3/c27-19-7-4-8-20(28)18(19)15-36-24(34)12-10-21-25(35)33(14-16-5-2-1-3-6-16)23-11-9-17(26(29,30)31)13-22(23)32-21/h1-9,11,13H,10,12,14-15H2. The largest absolute Gasteiger partial charge is 0.461 e. The summed E-state index contributed by atoms with van der Waals surface area (Å²) in [7, 11) is 0. The number of ether oxygens (including phenoxy) is 1.